The minimum absolute atomic E-state index is 0.0136. The minimum atomic E-state index is -3.77. The van der Waals surface area contributed by atoms with Crippen LogP contribution in [0.2, 0.25) is 5.02 Å². The number of hydrogen-bond donors (Lipinski definition) is 0. The number of esters is 1. The summed E-state index contributed by atoms with van der Waals surface area (Å²) in [5, 5.41) is -0.0136. The van der Waals surface area contributed by atoms with Crippen LogP contribution in [0, 0.1) is 0 Å². The highest BCUT2D eigenvalue weighted by Gasteiger charge is 2.35. The number of sulfonamides is 1. The predicted molar refractivity (Wildman–Crippen MR) is 97.0 cm³/mol. The number of methoxy groups -OCH3 is 1. The second-order valence-electron chi connectivity index (χ2n) is 5.84. The van der Waals surface area contributed by atoms with E-state index < -0.39 is 16.0 Å². The van der Waals surface area contributed by atoms with E-state index in [1.54, 1.807) is 0 Å². The van der Waals surface area contributed by atoms with Gasteiger partial charge in [0.05, 0.1) is 24.2 Å². The number of carbonyl (C=O) groups is 1. The molecule has 3 rings (SSSR count). The highest BCUT2D eigenvalue weighted by Crippen LogP contribution is 2.29. The Morgan fingerprint density at radius 2 is 1.92 bits per heavy atom. The highest BCUT2D eigenvalue weighted by atomic mass is 35.5. The molecule has 2 aromatic rings. The zero-order valence-electron chi connectivity index (χ0n) is 14.1. The molecule has 0 aromatic heterocycles. The fraction of sp³-hybridized carbons (Fsp3) is 0.278. The SMILES string of the molecule is COC(=O)c1ccc(S(=O)(=O)N2CC[C@H](Oc3ccccc3)C2)c(Cl)c1. The third-order valence-corrected chi connectivity index (χ3v) is 6.47. The van der Waals surface area contributed by atoms with Gasteiger partial charge >= 0.3 is 5.97 Å². The maximum absolute atomic E-state index is 12.9. The molecule has 1 aliphatic heterocycles. The average molecular weight is 396 g/mol. The zero-order valence-corrected chi connectivity index (χ0v) is 15.7. The van der Waals surface area contributed by atoms with Gasteiger partial charge in [0.15, 0.2) is 0 Å². The van der Waals surface area contributed by atoms with Crippen LogP contribution < -0.4 is 4.74 Å². The largest absolute Gasteiger partial charge is 0.489 e. The van der Waals surface area contributed by atoms with Crippen LogP contribution in [0.4, 0.5) is 0 Å². The van der Waals surface area contributed by atoms with Gasteiger partial charge in [0.2, 0.25) is 10.0 Å². The average Bonchev–Trinajstić information content (AvgIpc) is 3.11. The molecule has 26 heavy (non-hydrogen) atoms. The Bertz CT molecular complexity index is 901. The number of hydrogen-bond acceptors (Lipinski definition) is 5. The monoisotopic (exact) mass is 395 g/mol. The maximum atomic E-state index is 12.9. The fourth-order valence-corrected chi connectivity index (χ4v) is 4.80. The molecule has 1 atom stereocenters. The molecule has 1 saturated heterocycles. The van der Waals surface area contributed by atoms with Gasteiger partial charge in [-0.3, -0.25) is 0 Å². The zero-order chi connectivity index (χ0) is 18.7. The Hall–Kier alpha value is -2.09. The molecule has 0 N–H and O–H groups in total. The number of rotatable bonds is 5. The molecule has 0 unspecified atom stereocenters. The Labute approximate surface area is 157 Å². The van der Waals surface area contributed by atoms with Crippen LogP contribution in [0.15, 0.2) is 53.4 Å². The van der Waals surface area contributed by atoms with Crippen LogP contribution in [0.25, 0.3) is 0 Å². The lowest BCUT2D eigenvalue weighted by molar-refractivity contribution is 0.0600. The first kappa shape index (κ1) is 18.7. The van der Waals surface area contributed by atoms with Crippen molar-refractivity contribution in [3.05, 3.63) is 59.1 Å². The first-order valence-electron chi connectivity index (χ1n) is 8.01. The van der Waals surface area contributed by atoms with Crippen molar-refractivity contribution in [1.82, 2.24) is 4.31 Å². The lowest BCUT2D eigenvalue weighted by Gasteiger charge is -2.18. The normalized spacial score (nSPS) is 17.8. The summed E-state index contributed by atoms with van der Waals surface area (Å²) in [5.41, 5.74) is 0.197. The molecule has 0 bridgehead atoms. The van der Waals surface area contributed by atoms with Gasteiger partial charge in [0.25, 0.3) is 0 Å². The van der Waals surface area contributed by atoms with Crippen molar-refractivity contribution < 1.29 is 22.7 Å². The summed E-state index contributed by atoms with van der Waals surface area (Å²) in [4.78, 5) is 11.5. The number of ether oxygens (including phenoxy) is 2. The van der Waals surface area contributed by atoms with Crippen LogP contribution in [0.5, 0.6) is 5.75 Å². The fourth-order valence-electron chi connectivity index (χ4n) is 2.80. The summed E-state index contributed by atoms with van der Waals surface area (Å²) < 4.78 is 37.5. The highest BCUT2D eigenvalue weighted by molar-refractivity contribution is 7.89. The Morgan fingerprint density at radius 1 is 1.19 bits per heavy atom. The molecule has 1 aliphatic rings. The third kappa shape index (κ3) is 3.85. The van der Waals surface area contributed by atoms with Crippen molar-refractivity contribution in [3.8, 4) is 5.75 Å². The number of nitrogens with zero attached hydrogens (tertiary/aromatic N) is 1. The molecule has 1 fully saturated rings. The Kier molecular flexibility index (Phi) is 5.50. The first-order chi connectivity index (χ1) is 12.4. The smallest absolute Gasteiger partial charge is 0.337 e. The quantitative estimate of drug-likeness (QED) is 0.728. The van der Waals surface area contributed by atoms with E-state index in [1.165, 1.54) is 29.6 Å². The van der Waals surface area contributed by atoms with Gasteiger partial charge in [-0.1, -0.05) is 29.8 Å². The van der Waals surface area contributed by atoms with Crippen LogP contribution >= 0.6 is 11.6 Å². The molecule has 0 amide bonds. The molecule has 0 radical (unpaired) electrons. The molecule has 138 valence electrons. The van der Waals surface area contributed by atoms with Crippen molar-refractivity contribution in [2.45, 2.75) is 17.4 Å². The molecular weight excluding hydrogens is 378 g/mol. The molecule has 8 heteroatoms. The van der Waals surface area contributed by atoms with Gasteiger partial charge in [-0.2, -0.15) is 4.31 Å². The minimum Gasteiger partial charge on any atom is -0.489 e. The van der Waals surface area contributed by atoms with E-state index in [0.29, 0.717) is 18.7 Å². The third-order valence-electron chi connectivity index (χ3n) is 4.12. The Morgan fingerprint density at radius 3 is 2.58 bits per heavy atom. The molecule has 1 heterocycles. The molecule has 0 spiro atoms. The van der Waals surface area contributed by atoms with E-state index in [9.17, 15) is 13.2 Å². The van der Waals surface area contributed by atoms with E-state index in [2.05, 4.69) is 4.74 Å². The molecule has 0 saturated carbocycles. The van der Waals surface area contributed by atoms with Crippen LogP contribution in [-0.4, -0.2) is 45.0 Å². The number of carbonyl (C=O) groups excluding carboxylic acids is 1. The molecular formula is C18H18ClNO5S. The topological polar surface area (TPSA) is 72.9 Å². The summed E-state index contributed by atoms with van der Waals surface area (Å²) in [5.74, 6) is 0.130. The van der Waals surface area contributed by atoms with Crippen molar-refractivity contribution in [2.24, 2.45) is 0 Å². The van der Waals surface area contributed by atoms with Gasteiger partial charge in [0.1, 0.15) is 16.7 Å². The standard InChI is InChI=1S/C18H18ClNO5S/c1-24-18(21)13-7-8-17(16(19)11-13)26(22,23)20-10-9-15(12-20)25-14-5-3-2-4-6-14/h2-8,11,15H,9-10,12H2,1H3/t15-/m0/s1. The Balaban J connectivity index is 1.75. The first-order valence-corrected chi connectivity index (χ1v) is 9.83. The predicted octanol–water partition coefficient (Wildman–Crippen LogP) is 2.97. The van der Waals surface area contributed by atoms with Gasteiger partial charge in [-0.05, 0) is 36.8 Å². The summed E-state index contributed by atoms with van der Waals surface area (Å²) in [6.07, 6.45) is 0.367. The maximum Gasteiger partial charge on any atom is 0.337 e. The van der Waals surface area contributed by atoms with Crippen molar-refractivity contribution >= 4 is 27.6 Å². The summed E-state index contributed by atoms with van der Waals surface area (Å²) >= 11 is 6.11. The second-order valence-corrected chi connectivity index (χ2v) is 8.15. The van der Waals surface area contributed by atoms with E-state index in [4.69, 9.17) is 16.3 Å². The van der Waals surface area contributed by atoms with Crippen LogP contribution in [0.1, 0.15) is 16.8 Å². The van der Waals surface area contributed by atoms with Crippen LogP contribution in [0.3, 0.4) is 0 Å². The lowest BCUT2D eigenvalue weighted by atomic mass is 10.2. The molecule has 0 aliphatic carbocycles. The van der Waals surface area contributed by atoms with Crippen LogP contribution in [-0.2, 0) is 14.8 Å². The van der Waals surface area contributed by atoms with E-state index in [1.807, 2.05) is 30.3 Å². The van der Waals surface area contributed by atoms with Crippen molar-refractivity contribution in [3.63, 3.8) is 0 Å². The molecule has 6 nitrogen and oxygen atoms in total. The number of benzene rings is 2. The van der Waals surface area contributed by atoms with Gasteiger partial charge < -0.3 is 9.47 Å². The summed E-state index contributed by atoms with van der Waals surface area (Å²) in [6, 6.07) is 13.3. The summed E-state index contributed by atoms with van der Waals surface area (Å²) in [6.45, 7) is 0.585. The number of para-hydroxylation sites is 1. The molecule has 2 aromatic carbocycles. The summed E-state index contributed by atoms with van der Waals surface area (Å²) in [7, 11) is -2.53. The van der Waals surface area contributed by atoms with E-state index in [0.717, 1.165) is 0 Å². The van der Waals surface area contributed by atoms with E-state index >= 15 is 0 Å². The van der Waals surface area contributed by atoms with Gasteiger partial charge in [-0.15, -0.1) is 0 Å². The van der Waals surface area contributed by atoms with Crippen molar-refractivity contribution in [1.29, 1.82) is 0 Å². The second kappa shape index (κ2) is 7.65. The van der Waals surface area contributed by atoms with Crippen molar-refractivity contribution in [2.75, 3.05) is 20.2 Å². The van der Waals surface area contributed by atoms with Gasteiger partial charge in [0, 0.05) is 6.54 Å². The van der Waals surface area contributed by atoms with E-state index in [-0.39, 0.29) is 28.1 Å². The van der Waals surface area contributed by atoms with Gasteiger partial charge in [-0.25, -0.2) is 13.2 Å². The lowest BCUT2D eigenvalue weighted by Crippen LogP contribution is -2.31. The number of halogens is 1.